The van der Waals surface area contributed by atoms with Crippen LogP contribution in [0, 0.1) is 0 Å². The molecule has 2 rings (SSSR count). The van der Waals surface area contributed by atoms with E-state index in [4.69, 9.17) is 10.5 Å². The first-order valence-corrected chi connectivity index (χ1v) is 7.78. The SMILES string of the molecule is CC(C)(C)c1ccc(C(I)(Cn2ncnn2)OC(N)=O)cc1. The number of ether oxygens (including phenoxy) is 1. The number of tetrazole rings is 1. The first kappa shape index (κ1) is 16.7. The summed E-state index contributed by atoms with van der Waals surface area (Å²) >= 11 is 2.04. The third-order valence-corrected chi connectivity index (χ3v) is 4.36. The number of hydrogen-bond donors (Lipinski definition) is 1. The lowest BCUT2D eigenvalue weighted by atomic mass is 9.86. The van der Waals surface area contributed by atoms with Crippen molar-refractivity contribution < 1.29 is 9.53 Å². The van der Waals surface area contributed by atoms with Gasteiger partial charge in [0.05, 0.1) is 0 Å². The molecule has 1 amide bonds. The summed E-state index contributed by atoms with van der Waals surface area (Å²) in [6.07, 6.45) is 0.471. The number of aromatic nitrogens is 4. The molecule has 0 aliphatic rings. The summed E-state index contributed by atoms with van der Waals surface area (Å²) in [7, 11) is 0. The van der Waals surface area contributed by atoms with Gasteiger partial charge in [0, 0.05) is 5.56 Å². The number of amides is 1. The summed E-state index contributed by atoms with van der Waals surface area (Å²) in [6.45, 7) is 6.63. The van der Waals surface area contributed by atoms with Gasteiger partial charge in [0.1, 0.15) is 6.54 Å². The normalized spacial score (nSPS) is 14.4. The van der Waals surface area contributed by atoms with E-state index >= 15 is 0 Å². The second kappa shape index (κ2) is 6.19. The van der Waals surface area contributed by atoms with Crippen LogP contribution >= 0.6 is 22.6 Å². The summed E-state index contributed by atoms with van der Waals surface area (Å²) in [5, 5.41) is 11.4. The minimum Gasteiger partial charge on any atom is -0.425 e. The molecule has 0 saturated carbocycles. The molecular weight excluding hydrogens is 397 g/mol. The molecule has 7 nitrogen and oxygen atoms in total. The van der Waals surface area contributed by atoms with Crippen LogP contribution in [0.15, 0.2) is 30.6 Å². The molecule has 0 aliphatic heterocycles. The number of nitrogens with zero attached hydrogens (tertiary/aromatic N) is 4. The molecule has 1 aromatic carbocycles. The minimum atomic E-state index is -0.999. The van der Waals surface area contributed by atoms with E-state index in [0.29, 0.717) is 0 Å². The molecule has 1 unspecified atom stereocenters. The number of nitrogens with two attached hydrogens (primary N) is 1. The van der Waals surface area contributed by atoms with E-state index in [1.807, 2.05) is 46.9 Å². The first-order valence-electron chi connectivity index (χ1n) is 6.70. The van der Waals surface area contributed by atoms with Crippen molar-refractivity contribution in [2.45, 2.75) is 36.3 Å². The Hall–Kier alpha value is -1.71. The molecule has 118 valence electrons. The van der Waals surface area contributed by atoms with Crippen molar-refractivity contribution in [3.63, 3.8) is 0 Å². The maximum Gasteiger partial charge on any atom is 0.406 e. The van der Waals surface area contributed by atoms with Crippen LogP contribution in [-0.2, 0) is 20.3 Å². The zero-order valence-corrected chi connectivity index (χ0v) is 14.8. The molecule has 0 saturated heterocycles. The Bertz CT molecular complexity index is 636. The molecule has 8 heteroatoms. The van der Waals surface area contributed by atoms with Crippen molar-refractivity contribution in [3.05, 3.63) is 41.7 Å². The van der Waals surface area contributed by atoms with E-state index in [9.17, 15) is 4.79 Å². The fourth-order valence-electron chi connectivity index (χ4n) is 2.00. The highest BCUT2D eigenvalue weighted by atomic mass is 127. The maximum absolute atomic E-state index is 11.3. The van der Waals surface area contributed by atoms with Crippen LogP contribution in [-0.4, -0.2) is 26.3 Å². The molecule has 1 atom stereocenters. The average molecular weight is 415 g/mol. The van der Waals surface area contributed by atoms with Crippen molar-refractivity contribution in [3.8, 4) is 0 Å². The molecule has 2 aromatic rings. The van der Waals surface area contributed by atoms with Crippen molar-refractivity contribution in [1.82, 2.24) is 20.2 Å². The molecule has 0 aliphatic carbocycles. The zero-order valence-electron chi connectivity index (χ0n) is 12.7. The van der Waals surface area contributed by atoms with Gasteiger partial charge in [-0.25, -0.2) is 4.79 Å². The molecule has 0 bridgehead atoms. The Labute approximate surface area is 142 Å². The maximum atomic E-state index is 11.3. The van der Waals surface area contributed by atoms with Crippen molar-refractivity contribution >= 4 is 28.7 Å². The van der Waals surface area contributed by atoms with E-state index in [2.05, 4.69) is 36.2 Å². The van der Waals surface area contributed by atoms with Crippen LogP contribution in [0.2, 0.25) is 0 Å². The van der Waals surface area contributed by atoms with Crippen molar-refractivity contribution in [1.29, 1.82) is 0 Å². The number of benzene rings is 1. The lowest BCUT2D eigenvalue weighted by Crippen LogP contribution is -2.34. The largest absolute Gasteiger partial charge is 0.425 e. The molecule has 0 radical (unpaired) electrons. The molecule has 0 spiro atoms. The predicted octanol–water partition coefficient (Wildman–Crippen LogP) is 2.35. The van der Waals surface area contributed by atoms with Crippen LogP contribution in [0.4, 0.5) is 4.79 Å². The van der Waals surface area contributed by atoms with Gasteiger partial charge in [-0.2, -0.15) is 4.80 Å². The summed E-state index contributed by atoms with van der Waals surface area (Å²) in [5.41, 5.74) is 7.25. The number of rotatable bonds is 4. The van der Waals surface area contributed by atoms with Crippen LogP contribution in [0.1, 0.15) is 31.9 Å². The summed E-state index contributed by atoms with van der Waals surface area (Å²) in [6, 6.07) is 7.88. The Kier molecular flexibility index (Phi) is 4.69. The monoisotopic (exact) mass is 415 g/mol. The molecule has 1 heterocycles. The highest BCUT2D eigenvalue weighted by Crippen LogP contribution is 2.36. The molecule has 2 N–H and O–H groups in total. The molecule has 1 aromatic heterocycles. The quantitative estimate of drug-likeness (QED) is 0.611. The van der Waals surface area contributed by atoms with Gasteiger partial charge in [-0.3, -0.25) is 0 Å². The molecule has 0 fully saturated rings. The fraction of sp³-hybridized carbons (Fsp3) is 0.429. The van der Waals surface area contributed by atoms with Crippen molar-refractivity contribution in [2.24, 2.45) is 5.73 Å². The first-order chi connectivity index (χ1) is 10.2. The third-order valence-electron chi connectivity index (χ3n) is 3.18. The standard InChI is InChI=1S/C14H18IN5O2/c1-13(2,3)10-4-6-11(7-5-10)14(15,22-12(16)21)8-20-18-9-17-19-20/h4-7,9H,8H2,1-3H3,(H2,16,21). The Morgan fingerprint density at radius 3 is 2.32 bits per heavy atom. The smallest absolute Gasteiger partial charge is 0.406 e. The van der Waals surface area contributed by atoms with E-state index < -0.39 is 9.70 Å². The van der Waals surface area contributed by atoms with E-state index in [-0.39, 0.29) is 12.0 Å². The molecule has 22 heavy (non-hydrogen) atoms. The van der Waals surface area contributed by atoms with Gasteiger partial charge < -0.3 is 10.5 Å². The minimum absolute atomic E-state index is 0.0461. The Morgan fingerprint density at radius 2 is 1.86 bits per heavy atom. The van der Waals surface area contributed by atoms with Gasteiger partial charge in [-0.1, -0.05) is 45.0 Å². The number of alkyl halides is 1. The summed E-state index contributed by atoms with van der Waals surface area (Å²) < 4.78 is 4.32. The van der Waals surface area contributed by atoms with Crippen LogP contribution in [0.3, 0.4) is 0 Å². The van der Waals surface area contributed by atoms with Gasteiger partial charge in [-0.15, -0.1) is 10.2 Å². The summed E-state index contributed by atoms with van der Waals surface area (Å²) in [5.74, 6) is 0. The fourth-order valence-corrected chi connectivity index (χ4v) is 2.89. The number of primary amides is 1. The number of carbonyl (C=O) groups excluding carboxylic acids is 1. The third kappa shape index (κ3) is 3.93. The van der Waals surface area contributed by atoms with E-state index in [1.165, 1.54) is 16.7 Å². The summed E-state index contributed by atoms with van der Waals surface area (Å²) in [4.78, 5) is 12.6. The molecular formula is C14H18IN5O2. The number of hydrogen-bond acceptors (Lipinski definition) is 5. The number of halogens is 1. The van der Waals surface area contributed by atoms with Crippen LogP contribution in [0.5, 0.6) is 0 Å². The highest BCUT2D eigenvalue weighted by Gasteiger charge is 2.34. The Balaban J connectivity index is 2.34. The van der Waals surface area contributed by atoms with Crippen molar-refractivity contribution in [2.75, 3.05) is 0 Å². The average Bonchev–Trinajstić information content (AvgIpc) is 2.89. The van der Waals surface area contributed by atoms with E-state index in [0.717, 1.165) is 5.56 Å². The lowest BCUT2D eigenvalue weighted by Gasteiger charge is -2.27. The van der Waals surface area contributed by atoms with Gasteiger partial charge >= 0.3 is 6.09 Å². The van der Waals surface area contributed by atoms with Crippen LogP contribution in [0.25, 0.3) is 0 Å². The second-order valence-corrected chi connectivity index (χ2v) is 7.69. The topological polar surface area (TPSA) is 95.9 Å². The van der Waals surface area contributed by atoms with Gasteiger partial charge in [0.2, 0.25) is 3.61 Å². The Morgan fingerprint density at radius 1 is 1.27 bits per heavy atom. The van der Waals surface area contributed by atoms with Crippen LogP contribution < -0.4 is 5.73 Å². The lowest BCUT2D eigenvalue weighted by molar-refractivity contribution is 0.0771. The van der Waals surface area contributed by atoms with Gasteiger partial charge in [-0.05, 0) is 38.8 Å². The van der Waals surface area contributed by atoms with Gasteiger partial charge in [0.25, 0.3) is 0 Å². The predicted molar refractivity (Wildman–Crippen MR) is 89.3 cm³/mol. The highest BCUT2D eigenvalue weighted by molar-refractivity contribution is 14.1. The zero-order chi connectivity index (χ0) is 16.4. The second-order valence-electron chi connectivity index (χ2n) is 5.94. The van der Waals surface area contributed by atoms with Gasteiger partial charge in [0.15, 0.2) is 6.33 Å². The van der Waals surface area contributed by atoms with E-state index in [1.54, 1.807) is 0 Å². The number of carbonyl (C=O) groups is 1.